The maximum absolute atomic E-state index is 5.96. The molecule has 2 saturated heterocycles. The zero-order valence-electron chi connectivity index (χ0n) is 7.99. The van der Waals surface area contributed by atoms with Crippen molar-refractivity contribution in [2.24, 2.45) is 0 Å². The van der Waals surface area contributed by atoms with E-state index in [-0.39, 0.29) is 0 Å². The van der Waals surface area contributed by atoms with Gasteiger partial charge in [0.25, 0.3) is 0 Å². The molecule has 0 amide bonds. The third-order valence-electron chi connectivity index (χ3n) is 3.16. The second-order valence-electron chi connectivity index (χ2n) is 4.08. The Morgan fingerprint density at radius 2 is 2.33 bits per heavy atom. The molecule has 0 aromatic carbocycles. The monoisotopic (exact) mass is 288 g/mol. The lowest BCUT2D eigenvalue weighted by atomic mass is 9.89. The maximum atomic E-state index is 5.96. The molecule has 3 atom stereocenters. The average molecular weight is 290 g/mol. The second-order valence-corrected chi connectivity index (χ2v) is 5.30. The Labute approximate surface area is 101 Å². The van der Waals surface area contributed by atoms with E-state index in [1.165, 1.54) is 6.42 Å². The van der Waals surface area contributed by atoms with Crippen LogP contribution in [0.3, 0.4) is 0 Å². The molecule has 0 aliphatic carbocycles. The Bertz CT molecular complexity index is 401. The maximum Gasteiger partial charge on any atom is 0.146 e. The molecule has 5 heteroatoms. The summed E-state index contributed by atoms with van der Waals surface area (Å²) < 4.78 is 6.52. The molecule has 3 nitrogen and oxygen atoms in total. The van der Waals surface area contributed by atoms with Crippen LogP contribution in [0.5, 0.6) is 0 Å². The fraction of sp³-hybridized carbons (Fsp3) is 0.600. The van der Waals surface area contributed by atoms with Crippen LogP contribution in [0, 0.1) is 0 Å². The third kappa shape index (κ3) is 1.69. The van der Waals surface area contributed by atoms with Gasteiger partial charge in [-0.25, -0.2) is 9.97 Å². The molecule has 15 heavy (non-hydrogen) atoms. The van der Waals surface area contributed by atoms with E-state index >= 15 is 0 Å². The summed E-state index contributed by atoms with van der Waals surface area (Å²) in [6, 6.07) is 0. The highest BCUT2D eigenvalue weighted by molar-refractivity contribution is 9.10. The summed E-state index contributed by atoms with van der Waals surface area (Å²) in [6.07, 6.45) is 5.81. The summed E-state index contributed by atoms with van der Waals surface area (Å²) in [6.45, 7) is 0. The fourth-order valence-corrected chi connectivity index (χ4v) is 2.77. The topological polar surface area (TPSA) is 35.0 Å². The minimum absolute atomic E-state index is 0.312. The number of hydrogen-bond donors (Lipinski definition) is 0. The van der Waals surface area contributed by atoms with Crippen LogP contribution in [0.15, 0.2) is 10.7 Å². The molecule has 80 valence electrons. The largest absolute Gasteiger partial charge is 0.374 e. The molecule has 2 fully saturated rings. The molecule has 0 spiro atoms. The van der Waals surface area contributed by atoms with E-state index in [1.54, 1.807) is 6.20 Å². The molecular formula is C10H10BrClN2O. The Morgan fingerprint density at radius 3 is 2.93 bits per heavy atom. The van der Waals surface area contributed by atoms with Crippen LogP contribution in [0.4, 0.5) is 0 Å². The molecule has 3 rings (SSSR count). The van der Waals surface area contributed by atoms with Crippen LogP contribution in [0.1, 0.15) is 31.0 Å². The normalized spacial score (nSPS) is 33.6. The Morgan fingerprint density at radius 1 is 1.47 bits per heavy atom. The van der Waals surface area contributed by atoms with Crippen molar-refractivity contribution in [1.82, 2.24) is 9.97 Å². The van der Waals surface area contributed by atoms with Crippen molar-refractivity contribution in [1.29, 1.82) is 0 Å². The summed E-state index contributed by atoms with van der Waals surface area (Å²) in [7, 11) is 0. The van der Waals surface area contributed by atoms with Gasteiger partial charge in [-0.2, -0.15) is 0 Å². The first-order chi connectivity index (χ1) is 7.24. The van der Waals surface area contributed by atoms with E-state index in [0.29, 0.717) is 23.3 Å². The van der Waals surface area contributed by atoms with Crippen molar-refractivity contribution in [2.45, 2.75) is 37.4 Å². The average Bonchev–Trinajstić information content (AvgIpc) is 2.83. The molecule has 0 saturated carbocycles. The summed E-state index contributed by atoms with van der Waals surface area (Å²) in [5.41, 5.74) is 0. The first kappa shape index (κ1) is 10.00. The highest BCUT2D eigenvalue weighted by atomic mass is 79.9. The van der Waals surface area contributed by atoms with Crippen molar-refractivity contribution >= 4 is 27.5 Å². The van der Waals surface area contributed by atoms with Crippen molar-refractivity contribution in [3.63, 3.8) is 0 Å². The molecule has 0 N–H and O–H groups in total. The first-order valence-electron chi connectivity index (χ1n) is 5.07. The van der Waals surface area contributed by atoms with Crippen LogP contribution >= 0.6 is 27.5 Å². The van der Waals surface area contributed by atoms with Crippen LogP contribution in [-0.2, 0) is 4.74 Å². The number of fused-ring (bicyclic) bond motifs is 2. The van der Waals surface area contributed by atoms with Crippen molar-refractivity contribution in [3.8, 4) is 0 Å². The molecule has 1 aromatic rings. The number of halogens is 2. The van der Waals surface area contributed by atoms with E-state index in [0.717, 1.165) is 23.1 Å². The van der Waals surface area contributed by atoms with Gasteiger partial charge in [0.05, 0.1) is 16.7 Å². The van der Waals surface area contributed by atoms with E-state index in [1.807, 2.05) is 0 Å². The van der Waals surface area contributed by atoms with Crippen molar-refractivity contribution in [2.75, 3.05) is 0 Å². The lowest BCUT2D eigenvalue weighted by Crippen LogP contribution is -2.17. The van der Waals surface area contributed by atoms with Crippen LogP contribution < -0.4 is 0 Å². The van der Waals surface area contributed by atoms with Crippen molar-refractivity contribution < 1.29 is 4.74 Å². The minimum Gasteiger partial charge on any atom is -0.374 e. The molecular weight excluding hydrogens is 279 g/mol. The van der Waals surface area contributed by atoms with E-state index in [4.69, 9.17) is 16.3 Å². The second kappa shape index (κ2) is 3.68. The Balaban J connectivity index is 1.90. The van der Waals surface area contributed by atoms with Gasteiger partial charge in [-0.15, -0.1) is 0 Å². The lowest BCUT2D eigenvalue weighted by Gasteiger charge is -2.16. The molecule has 3 unspecified atom stereocenters. The number of hydrogen-bond acceptors (Lipinski definition) is 3. The summed E-state index contributed by atoms with van der Waals surface area (Å²) in [5, 5.41) is 0.489. The summed E-state index contributed by atoms with van der Waals surface area (Å²) >= 11 is 9.25. The zero-order chi connectivity index (χ0) is 10.4. The molecule has 2 bridgehead atoms. The van der Waals surface area contributed by atoms with Gasteiger partial charge in [-0.05, 0) is 35.2 Å². The summed E-state index contributed by atoms with van der Waals surface area (Å²) in [4.78, 5) is 8.62. The molecule has 2 aliphatic heterocycles. The quantitative estimate of drug-likeness (QED) is 0.746. The van der Waals surface area contributed by atoms with Gasteiger partial charge >= 0.3 is 0 Å². The van der Waals surface area contributed by atoms with Gasteiger partial charge in [0.2, 0.25) is 0 Å². The van der Waals surface area contributed by atoms with E-state index < -0.39 is 0 Å². The van der Waals surface area contributed by atoms with Gasteiger partial charge in [0, 0.05) is 12.1 Å². The van der Waals surface area contributed by atoms with Crippen LogP contribution in [0.2, 0.25) is 5.15 Å². The highest BCUT2D eigenvalue weighted by Crippen LogP contribution is 2.43. The number of ether oxygens (including phenoxy) is 1. The fourth-order valence-electron chi connectivity index (χ4n) is 2.45. The lowest BCUT2D eigenvalue weighted by molar-refractivity contribution is 0.0998. The van der Waals surface area contributed by atoms with Crippen LogP contribution in [-0.4, -0.2) is 22.2 Å². The minimum atomic E-state index is 0.312. The molecule has 2 aliphatic rings. The standard InChI is InChI=1S/C10H10BrClN2O/c11-7-4-13-10(14-9(7)12)6-3-5-1-2-8(6)15-5/h4-6,8H,1-3H2. The van der Waals surface area contributed by atoms with E-state index in [2.05, 4.69) is 25.9 Å². The van der Waals surface area contributed by atoms with Crippen molar-refractivity contribution in [3.05, 3.63) is 21.6 Å². The number of rotatable bonds is 1. The smallest absolute Gasteiger partial charge is 0.146 e. The summed E-state index contributed by atoms with van der Waals surface area (Å²) in [5.74, 6) is 1.17. The van der Waals surface area contributed by atoms with Gasteiger partial charge in [-0.1, -0.05) is 11.6 Å². The zero-order valence-corrected chi connectivity index (χ0v) is 10.3. The number of aromatic nitrogens is 2. The first-order valence-corrected chi connectivity index (χ1v) is 6.24. The number of nitrogens with zero attached hydrogens (tertiary/aromatic N) is 2. The molecule has 0 radical (unpaired) electrons. The predicted octanol–water partition coefficient (Wildman–Crippen LogP) is 2.93. The van der Waals surface area contributed by atoms with E-state index in [9.17, 15) is 0 Å². The van der Waals surface area contributed by atoms with Crippen LogP contribution in [0.25, 0.3) is 0 Å². The highest BCUT2D eigenvalue weighted by Gasteiger charge is 2.42. The molecule has 1 aromatic heterocycles. The molecule has 3 heterocycles. The third-order valence-corrected chi connectivity index (χ3v) is 4.25. The Kier molecular flexibility index (Phi) is 2.45. The van der Waals surface area contributed by atoms with Gasteiger partial charge in [-0.3, -0.25) is 0 Å². The van der Waals surface area contributed by atoms with Gasteiger partial charge < -0.3 is 4.74 Å². The Hall–Kier alpha value is -0.190. The van der Waals surface area contributed by atoms with Gasteiger partial charge in [0.15, 0.2) is 0 Å². The van der Waals surface area contributed by atoms with Gasteiger partial charge in [0.1, 0.15) is 11.0 Å². The SMILES string of the molecule is Clc1nc(C2CC3CCC2O3)ncc1Br. The predicted molar refractivity (Wildman–Crippen MR) is 60.0 cm³/mol.